The van der Waals surface area contributed by atoms with Gasteiger partial charge in [-0.15, -0.1) is 45.3 Å². The summed E-state index contributed by atoms with van der Waals surface area (Å²) in [4.78, 5) is 67.8. The molecule has 11 N–H and O–H groups in total. The summed E-state index contributed by atoms with van der Waals surface area (Å²) in [6.45, 7) is 9.42. The van der Waals surface area contributed by atoms with Crippen molar-refractivity contribution in [2.24, 2.45) is 7.05 Å². The quantitative estimate of drug-likeness (QED) is 0.0511. The van der Waals surface area contributed by atoms with E-state index in [-0.39, 0.29) is 53.5 Å². The van der Waals surface area contributed by atoms with Crippen LogP contribution in [0.2, 0.25) is 0 Å². The van der Waals surface area contributed by atoms with Crippen molar-refractivity contribution < 1.29 is 39.2 Å². The number of carbonyl (C=O) groups is 4. The van der Waals surface area contributed by atoms with Gasteiger partial charge in [0.2, 0.25) is 0 Å². The molecule has 4 atom stereocenters. The van der Waals surface area contributed by atoms with E-state index in [1.165, 1.54) is 41.1 Å². The van der Waals surface area contributed by atoms with E-state index in [4.69, 9.17) is 45.7 Å². The van der Waals surface area contributed by atoms with Gasteiger partial charge in [-0.1, -0.05) is 91.0 Å². The van der Waals surface area contributed by atoms with Crippen LogP contribution in [0.3, 0.4) is 0 Å². The molecule has 0 saturated carbocycles. The highest BCUT2D eigenvalue weighted by molar-refractivity contribution is 7.12. The second-order valence-electron chi connectivity index (χ2n) is 27.4. The zero-order chi connectivity index (χ0) is 83.0. The van der Waals surface area contributed by atoms with Crippen LogP contribution < -0.4 is 47.3 Å². The molecule has 584 valence electrons. The zero-order valence-corrected chi connectivity index (χ0v) is 67.3. The van der Waals surface area contributed by atoms with Gasteiger partial charge in [-0.05, 0) is 159 Å². The number of nitrogens with zero attached hydrogens (tertiary/aromatic N) is 9. The Balaban J connectivity index is 0.000000129. The van der Waals surface area contributed by atoms with Crippen LogP contribution in [0.15, 0.2) is 232 Å². The first-order valence-electron chi connectivity index (χ1n) is 36.5. The van der Waals surface area contributed by atoms with Crippen LogP contribution in [0.4, 0.5) is 19.2 Å². The maximum Gasteiger partial charge on any atom is 0.319 e. The number of methoxy groups -OCH3 is 1. The number of hydrogen-bond donors (Lipinski definition) is 11. The molecule has 8 amide bonds. The molecule has 0 radical (unpaired) electrons. The fourth-order valence-electron chi connectivity index (χ4n) is 14.0. The number of para-hydroxylation sites is 1. The Labute approximate surface area is 693 Å². The van der Waals surface area contributed by atoms with Gasteiger partial charge >= 0.3 is 24.1 Å². The molecule has 118 heavy (non-hydrogen) atoms. The number of aryl methyl sites for hydroxylation is 2. The van der Waals surface area contributed by atoms with Crippen LogP contribution in [0.25, 0.3) is 78.2 Å². The third-order valence-electron chi connectivity index (χ3n) is 19.8. The van der Waals surface area contributed by atoms with Gasteiger partial charge in [-0.2, -0.15) is 21.0 Å². The molecular weight excluding hydrogens is 1560 g/mol. The summed E-state index contributed by atoms with van der Waals surface area (Å²) < 4.78 is 7.24. The molecule has 29 heteroatoms. The standard InChI is InChI=1S/C25H21N5OS.C22H18N4O3S.2C21H16N4O2S/c1-14-10-16(12-26)8-9-18(14)19-13-32-24(28-19)22-15(2)27-25(31)29-23(22)21-11-17-6-4-5-7-20(17)30(21)3;1-12-19(21-25-16(11-30-21)14-5-3-13(10-23)4-6-14)20(26-22(28)24-12)15-7-8-18(29-2)17(27)9-15;1-12-18(19(25-21(27)23-12)15-6-8-16(26)9-7-15)20-24-17(11-28-20)14-4-2-13(10-22)3-5-14;1-12-18(19(25-21(27)23-12)15-3-2-4-16(26)9-15)20-24-17(11-28-20)14-7-5-13(10-22)6-8-14/h4-11,13,23H,1-3H3,(H2,27,29,31);3-9,11,20,27H,1-2H3,(H2,24,26,28);2*2-9,11,19,26H,1H3,(H2,23,25,27). The van der Waals surface area contributed by atoms with Gasteiger partial charge in [-0.25, -0.2) is 39.1 Å². The van der Waals surface area contributed by atoms with Crippen molar-refractivity contribution in [2.75, 3.05) is 7.11 Å². The summed E-state index contributed by atoms with van der Waals surface area (Å²) in [6, 6.07) is 62.2. The lowest BCUT2D eigenvalue weighted by atomic mass is 9.95. The Morgan fingerprint density at radius 1 is 0.398 bits per heavy atom. The molecule has 13 aromatic rings. The average Bonchev–Trinajstić information content (AvgIpc) is 1.57. The SMILES string of the molecule is CC1=C(c2nc(-c3ccc(C#N)cc3)cs2)C(c2ccc(O)cc2)NC(=O)N1.CC1=C(c2nc(-c3ccc(C#N)cc3)cs2)C(c2cccc(O)c2)NC(=O)N1.CC1=C(c2nc(-c3ccc(C#N)cc3C)cs2)C(c2cc3ccccc3n2C)NC(=O)N1.COc1ccc(C2NC(=O)NC(C)=C2c2nc(-c3ccc(C#N)cc3)cs2)cc1O. The number of hydrogen-bond acceptors (Lipinski definition) is 20. The number of rotatable bonds is 13. The molecule has 0 bridgehead atoms. The molecule has 4 aliphatic heterocycles. The minimum Gasteiger partial charge on any atom is -0.508 e. The van der Waals surface area contributed by atoms with Crippen LogP contribution in [0.1, 0.15) is 122 Å². The minimum atomic E-state index is -0.476. The number of phenols is 3. The molecule has 8 aromatic carbocycles. The lowest BCUT2D eigenvalue weighted by Crippen LogP contribution is -2.43. The van der Waals surface area contributed by atoms with E-state index >= 15 is 0 Å². The number of aromatic hydroxyl groups is 3. The number of amides is 8. The van der Waals surface area contributed by atoms with E-state index in [0.29, 0.717) is 39.3 Å². The number of nitriles is 4. The van der Waals surface area contributed by atoms with E-state index in [0.717, 1.165) is 138 Å². The van der Waals surface area contributed by atoms with Crippen molar-refractivity contribution in [2.45, 2.75) is 58.8 Å². The molecule has 0 aliphatic carbocycles. The van der Waals surface area contributed by atoms with Crippen molar-refractivity contribution in [3.8, 4) is 92.3 Å². The first-order valence-corrected chi connectivity index (χ1v) is 40.1. The van der Waals surface area contributed by atoms with Gasteiger partial charge in [0.25, 0.3) is 0 Å². The summed E-state index contributed by atoms with van der Waals surface area (Å²) in [5.74, 6) is 0.666. The third-order valence-corrected chi connectivity index (χ3v) is 23.3. The zero-order valence-electron chi connectivity index (χ0n) is 64.1. The summed E-state index contributed by atoms with van der Waals surface area (Å²) in [7, 11) is 3.50. The molecule has 17 rings (SSSR count). The molecular formula is C89H71N17O8S4. The second-order valence-corrected chi connectivity index (χ2v) is 30.9. The summed E-state index contributed by atoms with van der Waals surface area (Å²) >= 11 is 5.99. The predicted octanol–water partition coefficient (Wildman–Crippen LogP) is 17.8. The number of thiazole rings is 4. The van der Waals surface area contributed by atoms with Crippen LogP contribution in [-0.2, 0) is 7.05 Å². The first kappa shape index (κ1) is 79.7. The number of ether oxygens (including phenoxy) is 1. The topological polar surface area (TPSA) is 386 Å². The number of allylic oxidation sites excluding steroid dienone is 4. The molecule has 4 unspecified atom stereocenters. The number of phenolic OH excluding ortho intramolecular Hbond substituents is 3. The van der Waals surface area contributed by atoms with Crippen LogP contribution in [-0.4, -0.2) is 71.1 Å². The number of carbonyl (C=O) groups excluding carboxylic acids is 4. The van der Waals surface area contributed by atoms with E-state index in [2.05, 4.69) is 89.6 Å². The summed E-state index contributed by atoms with van der Waals surface area (Å²) in [5, 5.41) is 101. The van der Waals surface area contributed by atoms with E-state index in [1.54, 1.807) is 108 Å². The fourth-order valence-corrected chi connectivity index (χ4v) is 17.8. The Hall–Kier alpha value is -15.0. The minimum absolute atomic E-state index is 0.00260. The third kappa shape index (κ3) is 17.3. The van der Waals surface area contributed by atoms with Crippen molar-refractivity contribution >= 4 is 103 Å². The number of nitrogens with one attached hydrogen (secondary N) is 8. The Morgan fingerprint density at radius 2 is 0.788 bits per heavy atom. The summed E-state index contributed by atoms with van der Waals surface area (Å²) in [6.07, 6.45) is 0. The lowest BCUT2D eigenvalue weighted by molar-refractivity contribution is 0.239. The van der Waals surface area contributed by atoms with Gasteiger partial charge in [0.1, 0.15) is 37.6 Å². The first-order chi connectivity index (χ1) is 57.0. The number of aromatic nitrogens is 5. The van der Waals surface area contributed by atoms with Gasteiger partial charge < -0.3 is 67.2 Å². The van der Waals surface area contributed by atoms with E-state index < -0.39 is 12.1 Å². The van der Waals surface area contributed by atoms with Gasteiger partial charge in [0.15, 0.2) is 11.5 Å². The molecule has 0 saturated heterocycles. The van der Waals surface area contributed by atoms with E-state index in [1.807, 2.05) is 136 Å². The van der Waals surface area contributed by atoms with Crippen LogP contribution in [0.5, 0.6) is 23.0 Å². The highest BCUT2D eigenvalue weighted by Gasteiger charge is 2.35. The molecule has 25 nitrogen and oxygen atoms in total. The van der Waals surface area contributed by atoms with Crippen LogP contribution >= 0.6 is 45.3 Å². The predicted molar refractivity (Wildman–Crippen MR) is 456 cm³/mol. The number of urea groups is 4. The molecule has 9 heterocycles. The van der Waals surface area contributed by atoms with Crippen molar-refractivity contribution in [1.82, 2.24) is 67.0 Å². The molecule has 0 fully saturated rings. The maximum atomic E-state index is 12.4. The van der Waals surface area contributed by atoms with Crippen LogP contribution in [0, 0.1) is 52.2 Å². The second kappa shape index (κ2) is 34.8. The van der Waals surface area contributed by atoms with Gasteiger partial charge in [0.05, 0.1) is 94.5 Å². The number of benzene rings is 8. The monoisotopic (exact) mass is 1630 g/mol. The van der Waals surface area contributed by atoms with Crippen molar-refractivity contribution in [3.05, 3.63) is 303 Å². The normalized spacial score (nSPS) is 16.1. The highest BCUT2D eigenvalue weighted by atomic mass is 32.1. The largest absolute Gasteiger partial charge is 0.508 e. The molecule has 4 aliphatic rings. The van der Waals surface area contributed by atoms with Crippen molar-refractivity contribution in [1.29, 1.82) is 21.0 Å². The smallest absolute Gasteiger partial charge is 0.319 e. The Morgan fingerprint density at radius 3 is 1.20 bits per heavy atom. The fraction of sp³-hybridized carbons (Fsp3) is 0.124. The average molecular weight is 1630 g/mol. The highest BCUT2D eigenvalue weighted by Crippen LogP contribution is 2.44. The van der Waals surface area contributed by atoms with Crippen molar-refractivity contribution in [3.63, 3.8) is 0 Å². The number of fused-ring (bicyclic) bond motifs is 1. The summed E-state index contributed by atoms with van der Waals surface area (Å²) in [5.41, 5.74) is 21.4. The van der Waals surface area contributed by atoms with E-state index in [9.17, 15) is 34.5 Å². The van der Waals surface area contributed by atoms with Gasteiger partial charge in [0, 0.05) is 107 Å². The molecule has 5 aromatic heterocycles. The Bertz CT molecular complexity index is 6420. The Kier molecular flexibility index (Phi) is 23.5. The van der Waals surface area contributed by atoms with Gasteiger partial charge in [-0.3, -0.25) is 0 Å². The molecule has 0 spiro atoms. The maximum absolute atomic E-state index is 12.4. The lowest BCUT2D eigenvalue weighted by Gasteiger charge is -2.28.